The van der Waals surface area contributed by atoms with Gasteiger partial charge in [-0.1, -0.05) is 128 Å². The van der Waals surface area contributed by atoms with E-state index in [-0.39, 0.29) is 34.4 Å². The first kappa shape index (κ1) is 38.0. The van der Waals surface area contributed by atoms with Crippen LogP contribution in [0.2, 0.25) is 0 Å². The van der Waals surface area contributed by atoms with E-state index in [1.165, 1.54) is 142 Å². The van der Waals surface area contributed by atoms with Crippen LogP contribution in [0.5, 0.6) is 0 Å². The standard InChI is InChI=1S/C60H58BNO/c1-33-24-43-42-29-37-27-35-14-11-12-15-36(35)28-40(37)38-16-13-17-49(53(38)42)61-55(43)44(25-33)54-50(62(61)51-31-47-45(26-34(51)2)57(3,4)20-22-59(47,7)8)19-18-39-41-30-46-48(32-52(41)63-56(39)54)60(9,10)23-21-58(46,5)6/h11-19,24-28,30-32,42H,20-23,29H2,1-10H3. The number of furan rings is 1. The van der Waals surface area contributed by atoms with Crippen molar-refractivity contribution in [1.29, 1.82) is 0 Å². The van der Waals surface area contributed by atoms with Gasteiger partial charge in [0.05, 0.1) is 0 Å². The summed E-state index contributed by atoms with van der Waals surface area (Å²) in [6.07, 6.45) is 5.74. The molecular weight excluding hydrogens is 761 g/mol. The summed E-state index contributed by atoms with van der Waals surface area (Å²) < 4.78 is 7.38. The number of hydrogen-bond acceptors (Lipinski definition) is 2. The third-order valence-corrected chi connectivity index (χ3v) is 17.3. The van der Waals surface area contributed by atoms with E-state index in [9.17, 15) is 0 Å². The molecule has 7 aromatic carbocycles. The number of rotatable bonds is 1. The predicted molar refractivity (Wildman–Crippen MR) is 268 cm³/mol. The Bertz CT molecular complexity index is 3370. The van der Waals surface area contributed by atoms with Crippen LogP contribution < -0.4 is 15.7 Å². The highest BCUT2D eigenvalue weighted by Crippen LogP contribution is 2.55. The van der Waals surface area contributed by atoms with Crippen LogP contribution >= 0.6 is 0 Å². The van der Waals surface area contributed by atoms with Crippen molar-refractivity contribution in [3.63, 3.8) is 0 Å². The van der Waals surface area contributed by atoms with Crippen LogP contribution in [-0.2, 0) is 28.1 Å². The van der Waals surface area contributed by atoms with Gasteiger partial charge in [0.15, 0.2) is 0 Å². The van der Waals surface area contributed by atoms with Crippen LogP contribution in [0, 0.1) is 13.8 Å². The van der Waals surface area contributed by atoms with E-state index < -0.39 is 0 Å². The molecule has 0 radical (unpaired) electrons. The number of anilines is 2. The molecule has 0 spiro atoms. The second-order valence-corrected chi connectivity index (χ2v) is 23.1. The Balaban J connectivity index is 1.14. The van der Waals surface area contributed by atoms with Crippen molar-refractivity contribution < 1.29 is 4.42 Å². The quantitative estimate of drug-likeness (QED) is 0.153. The smallest absolute Gasteiger partial charge is 0.329 e. The minimum atomic E-state index is 0.00325. The van der Waals surface area contributed by atoms with E-state index in [1.54, 1.807) is 0 Å². The maximum absolute atomic E-state index is 7.38. The average Bonchev–Trinajstić information content (AvgIpc) is 3.62. The molecule has 63 heavy (non-hydrogen) atoms. The molecule has 5 aliphatic rings. The summed E-state index contributed by atoms with van der Waals surface area (Å²) in [5, 5.41) is 5.10. The Morgan fingerprint density at radius 3 is 1.94 bits per heavy atom. The highest BCUT2D eigenvalue weighted by atomic mass is 16.3. The van der Waals surface area contributed by atoms with Gasteiger partial charge in [-0.2, -0.15) is 0 Å². The summed E-state index contributed by atoms with van der Waals surface area (Å²) in [6.45, 7) is 24.3. The van der Waals surface area contributed by atoms with Gasteiger partial charge in [-0.3, -0.25) is 0 Å². The molecule has 13 rings (SSSR count). The van der Waals surface area contributed by atoms with Crippen molar-refractivity contribution >= 4 is 61.9 Å². The van der Waals surface area contributed by atoms with Gasteiger partial charge in [-0.15, -0.1) is 0 Å². The van der Waals surface area contributed by atoms with Gasteiger partial charge in [-0.05, 0) is 187 Å². The Hall–Kier alpha value is -5.54. The van der Waals surface area contributed by atoms with Crippen LogP contribution in [0.25, 0.3) is 55.0 Å². The number of hydrogen-bond donors (Lipinski definition) is 0. The van der Waals surface area contributed by atoms with E-state index >= 15 is 0 Å². The van der Waals surface area contributed by atoms with Crippen LogP contribution in [-0.4, -0.2) is 6.85 Å². The highest BCUT2D eigenvalue weighted by molar-refractivity contribution is 6.92. The molecule has 1 aromatic heterocycles. The third kappa shape index (κ3) is 5.03. The van der Waals surface area contributed by atoms with Crippen LogP contribution in [0.3, 0.4) is 0 Å². The number of aryl methyl sites for hydroxylation is 2. The van der Waals surface area contributed by atoms with Gasteiger partial charge in [-0.25, -0.2) is 0 Å². The topological polar surface area (TPSA) is 16.4 Å². The van der Waals surface area contributed by atoms with Gasteiger partial charge in [0.2, 0.25) is 0 Å². The summed E-state index contributed by atoms with van der Waals surface area (Å²) >= 11 is 0. The van der Waals surface area contributed by atoms with E-state index in [0.29, 0.717) is 0 Å². The van der Waals surface area contributed by atoms with Crippen molar-refractivity contribution in [2.75, 3.05) is 4.81 Å². The van der Waals surface area contributed by atoms with E-state index in [0.717, 1.165) is 17.6 Å². The molecule has 0 N–H and O–H groups in total. The second-order valence-electron chi connectivity index (χ2n) is 23.1. The zero-order chi connectivity index (χ0) is 43.3. The van der Waals surface area contributed by atoms with Gasteiger partial charge >= 0.3 is 6.85 Å². The number of fused-ring (bicyclic) bond motifs is 13. The molecule has 1 unspecified atom stereocenters. The lowest BCUT2D eigenvalue weighted by atomic mass is 9.39. The fraction of sp³-hybridized carbons (Fsp3) is 0.333. The van der Waals surface area contributed by atoms with Crippen LogP contribution in [0.15, 0.2) is 108 Å². The molecule has 0 amide bonds. The summed E-state index contributed by atoms with van der Waals surface area (Å²) in [7, 11) is 0. The Labute approximate surface area is 373 Å². The first-order valence-corrected chi connectivity index (χ1v) is 23.8. The normalized spacial score (nSPS) is 20.2. The fourth-order valence-electron chi connectivity index (χ4n) is 13.5. The lowest BCUT2D eigenvalue weighted by Gasteiger charge is -2.48. The summed E-state index contributed by atoms with van der Waals surface area (Å²) in [6, 6.07) is 41.1. The van der Waals surface area contributed by atoms with Crippen molar-refractivity contribution in [2.24, 2.45) is 0 Å². The largest absolute Gasteiger partial charge is 0.455 e. The molecule has 8 aromatic rings. The molecule has 0 fully saturated rings. The van der Waals surface area contributed by atoms with Gasteiger partial charge in [0.1, 0.15) is 11.2 Å². The Kier molecular flexibility index (Phi) is 7.34. The first-order chi connectivity index (χ1) is 30.0. The van der Waals surface area contributed by atoms with Gasteiger partial charge < -0.3 is 9.23 Å². The predicted octanol–water partition coefficient (Wildman–Crippen LogP) is 14.6. The van der Waals surface area contributed by atoms with Crippen molar-refractivity contribution in [2.45, 2.75) is 129 Å². The number of nitrogens with zero attached hydrogens (tertiary/aromatic N) is 1. The van der Waals surface area contributed by atoms with Crippen LogP contribution in [0.1, 0.15) is 137 Å². The molecule has 3 heterocycles. The molecule has 1 atom stereocenters. The van der Waals surface area contributed by atoms with E-state index in [1.807, 2.05) is 0 Å². The molecule has 3 heteroatoms. The lowest BCUT2D eigenvalue weighted by molar-refractivity contribution is 0.332. The first-order valence-electron chi connectivity index (χ1n) is 23.8. The molecule has 0 bridgehead atoms. The molecular formula is C60H58BNO. The fourth-order valence-corrected chi connectivity index (χ4v) is 13.5. The summed E-state index contributed by atoms with van der Waals surface area (Å²) in [5.41, 5.74) is 26.3. The van der Waals surface area contributed by atoms with Crippen molar-refractivity contribution in [1.82, 2.24) is 0 Å². The Morgan fingerprint density at radius 1 is 0.571 bits per heavy atom. The zero-order valence-electron chi connectivity index (χ0n) is 38.9. The monoisotopic (exact) mass is 819 g/mol. The summed E-state index contributed by atoms with van der Waals surface area (Å²) in [5.74, 6) is 0.258. The number of benzene rings is 7. The van der Waals surface area contributed by atoms with Gasteiger partial charge in [0.25, 0.3) is 0 Å². The molecule has 312 valence electrons. The Morgan fingerprint density at radius 2 is 1.22 bits per heavy atom. The highest BCUT2D eigenvalue weighted by Gasteiger charge is 2.49. The maximum atomic E-state index is 7.38. The molecule has 2 nitrogen and oxygen atoms in total. The van der Waals surface area contributed by atoms with E-state index in [2.05, 4.69) is 177 Å². The minimum absolute atomic E-state index is 0.00325. The maximum Gasteiger partial charge on any atom is 0.329 e. The van der Waals surface area contributed by atoms with Gasteiger partial charge in [0, 0.05) is 33.6 Å². The van der Waals surface area contributed by atoms with Crippen LogP contribution in [0.4, 0.5) is 11.4 Å². The summed E-state index contributed by atoms with van der Waals surface area (Å²) in [4.78, 5) is 2.77. The van der Waals surface area contributed by atoms with E-state index in [4.69, 9.17) is 4.42 Å². The lowest BCUT2D eigenvalue weighted by Crippen LogP contribution is -2.62. The minimum Gasteiger partial charge on any atom is -0.455 e. The third-order valence-electron chi connectivity index (χ3n) is 17.3. The SMILES string of the molecule is Cc1cc2c3c(c1)C1Cc4cc5ccccc5cc4-c4cccc(c41)B3N(c1cc3c(cc1C)C(C)(C)CCC3(C)C)c1ccc3c(oc4cc5c(cc43)C(C)(C)CCC5(C)C)c1-2. The molecule has 0 saturated carbocycles. The average molecular weight is 820 g/mol. The second kappa shape index (κ2) is 12.2. The molecule has 0 saturated heterocycles. The van der Waals surface area contributed by atoms with Crippen molar-refractivity contribution in [3.05, 3.63) is 153 Å². The zero-order valence-corrected chi connectivity index (χ0v) is 38.9. The molecule has 2 aliphatic heterocycles. The van der Waals surface area contributed by atoms with Crippen molar-refractivity contribution in [3.8, 4) is 22.3 Å². The molecule has 3 aliphatic carbocycles.